The number of halogens is 2. The summed E-state index contributed by atoms with van der Waals surface area (Å²) in [5.41, 5.74) is 2.79. The first-order valence-corrected chi connectivity index (χ1v) is 6.52. The van der Waals surface area contributed by atoms with Gasteiger partial charge in [-0.05, 0) is 36.8 Å². The summed E-state index contributed by atoms with van der Waals surface area (Å²) in [5, 5.41) is 0.255. The number of nitrogens with zero attached hydrogens (tertiary/aromatic N) is 2. The van der Waals surface area contributed by atoms with Crippen LogP contribution in [-0.2, 0) is 6.61 Å². The molecule has 3 aromatic rings. The van der Waals surface area contributed by atoms with Crippen molar-refractivity contribution in [3.8, 4) is 5.75 Å². The summed E-state index contributed by atoms with van der Waals surface area (Å²) >= 11 is 5.91. The molecule has 0 saturated carbocycles. The van der Waals surface area contributed by atoms with E-state index in [0.717, 1.165) is 16.9 Å². The Bertz CT molecular complexity index is 770. The predicted molar refractivity (Wildman–Crippen MR) is 75.7 cm³/mol. The largest absolute Gasteiger partial charge is 0.486 e. The molecule has 20 heavy (non-hydrogen) atoms. The smallest absolute Gasteiger partial charge is 0.140 e. The summed E-state index contributed by atoms with van der Waals surface area (Å²) in [6.45, 7) is 2.29. The molecule has 0 amide bonds. The Balaban J connectivity index is 1.81. The third kappa shape index (κ3) is 2.47. The van der Waals surface area contributed by atoms with Crippen molar-refractivity contribution in [2.75, 3.05) is 0 Å². The first kappa shape index (κ1) is 12.9. The minimum absolute atomic E-state index is 0.255. The van der Waals surface area contributed by atoms with Crippen LogP contribution in [-0.4, -0.2) is 9.38 Å². The fraction of sp³-hybridized carbons (Fsp3) is 0.133. The molecular formula is C15H12ClFN2O. The summed E-state index contributed by atoms with van der Waals surface area (Å²) in [4.78, 5) is 4.50. The first-order chi connectivity index (χ1) is 9.63. The SMILES string of the molecule is Cc1cccn2cc(COc3ccc(F)cc3Cl)nc12. The second-order valence-electron chi connectivity index (χ2n) is 4.52. The van der Waals surface area contributed by atoms with Crippen molar-refractivity contribution in [3.63, 3.8) is 0 Å². The number of ether oxygens (including phenoxy) is 1. The molecule has 0 atom stereocenters. The lowest BCUT2D eigenvalue weighted by molar-refractivity contribution is 0.302. The molecule has 0 aliphatic heterocycles. The highest BCUT2D eigenvalue weighted by atomic mass is 35.5. The molecule has 3 nitrogen and oxygen atoms in total. The van der Waals surface area contributed by atoms with Gasteiger partial charge in [0.05, 0.1) is 10.7 Å². The molecule has 0 radical (unpaired) electrons. The van der Waals surface area contributed by atoms with E-state index in [1.54, 1.807) is 0 Å². The maximum atomic E-state index is 12.9. The van der Waals surface area contributed by atoms with Gasteiger partial charge in [-0.15, -0.1) is 0 Å². The first-order valence-electron chi connectivity index (χ1n) is 6.14. The third-order valence-corrected chi connectivity index (χ3v) is 3.29. The lowest BCUT2D eigenvalue weighted by atomic mass is 10.3. The van der Waals surface area contributed by atoms with Crippen molar-refractivity contribution in [1.82, 2.24) is 9.38 Å². The quantitative estimate of drug-likeness (QED) is 0.728. The molecule has 2 aromatic heterocycles. The van der Waals surface area contributed by atoms with E-state index < -0.39 is 0 Å². The zero-order chi connectivity index (χ0) is 14.1. The van der Waals surface area contributed by atoms with Gasteiger partial charge in [0.15, 0.2) is 0 Å². The van der Waals surface area contributed by atoms with Gasteiger partial charge in [0.25, 0.3) is 0 Å². The molecule has 5 heteroatoms. The van der Waals surface area contributed by atoms with Crippen LogP contribution in [0.4, 0.5) is 4.39 Å². The van der Waals surface area contributed by atoms with Crippen LogP contribution in [0.25, 0.3) is 5.65 Å². The number of aromatic nitrogens is 2. The van der Waals surface area contributed by atoms with E-state index in [0.29, 0.717) is 5.75 Å². The van der Waals surface area contributed by atoms with E-state index in [-0.39, 0.29) is 17.4 Å². The van der Waals surface area contributed by atoms with E-state index in [2.05, 4.69) is 4.98 Å². The van der Waals surface area contributed by atoms with E-state index >= 15 is 0 Å². The van der Waals surface area contributed by atoms with Crippen molar-refractivity contribution in [2.24, 2.45) is 0 Å². The molecule has 0 aliphatic rings. The van der Waals surface area contributed by atoms with Crippen LogP contribution in [0, 0.1) is 12.7 Å². The number of hydrogen-bond donors (Lipinski definition) is 0. The zero-order valence-electron chi connectivity index (χ0n) is 10.8. The molecule has 0 N–H and O–H groups in total. The summed E-state index contributed by atoms with van der Waals surface area (Å²) in [6, 6.07) is 8.02. The molecule has 1 aromatic carbocycles. The summed E-state index contributed by atoms with van der Waals surface area (Å²) in [6.07, 6.45) is 3.84. The number of pyridine rings is 1. The summed E-state index contributed by atoms with van der Waals surface area (Å²) in [7, 11) is 0. The predicted octanol–water partition coefficient (Wildman–Crippen LogP) is 4.01. The minimum atomic E-state index is -0.384. The molecule has 0 spiro atoms. The Morgan fingerprint density at radius 1 is 1.35 bits per heavy atom. The minimum Gasteiger partial charge on any atom is -0.486 e. The van der Waals surface area contributed by atoms with Gasteiger partial charge in [-0.3, -0.25) is 0 Å². The van der Waals surface area contributed by atoms with Gasteiger partial charge < -0.3 is 9.14 Å². The molecule has 2 heterocycles. The summed E-state index contributed by atoms with van der Waals surface area (Å²) < 4.78 is 20.5. The summed E-state index contributed by atoms with van der Waals surface area (Å²) in [5.74, 6) is 0.0625. The van der Waals surface area contributed by atoms with Gasteiger partial charge in [0, 0.05) is 12.4 Å². The Morgan fingerprint density at radius 2 is 2.20 bits per heavy atom. The van der Waals surface area contributed by atoms with Gasteiger partial charge in [-0.2, -0.15) is 0 Å². The molecule has 0 aliphatic carbocycles. The Morgan fingerprint density at radius 3 is 2.95 bits per heavy atom. The third-order valence-electron chi connectivity index (χ3n) is 3.00. The van der Waals surface area contributed by atoms with Crippen molar-refractivity contribution in [3.05, 3.63) is 64.8 Å². The Labute approximate surface area is 120 Å². The number of benzene rings is 1. The van der Waals surface area contributed by atoms with Crippen LogP contribution in [0.5, 0.6) is 5.75 Å². The Kier molecular flexibility index (Phi) is 3.32. The van der Waals surface area contributed by atoms with Crippen LogP contribution < -0.4 is 4.74 Å². The van der Waals surface area contributed by atoms with Crippen LogP contribution in [0.2, 0.25) is 5.02 Å². The normalized spacial score (nSPS) is 10.9. The van der Waals surface area contributed by atoms with Gasteiger partial charge >= 0.3 is 0 Å². The standard InChI is InChI=1S/C15H12ClFN2O/c1-10-3-2-6-19-8-12(18-15(10)19)9-20-14-5-4-11(17)7-13(14)16/h2-8H,9H2,1H3. The van der Waals surface area contributed by atoms with Crippen molar-refractivity contribution in [1.29, 1.82) is 0 Å². The fourth-order valence-electron chi connectivity index (χ4n) is 2.02. The fourth-order valence-corrected chi connectivity index (χ4v) is 2.24. The van der Waals surface area contributed by atoms with Gasteiger partial charge in [-0.25, -0.2) is 9.37 Å². The molecule has 0 bridgehead atoms. The van der Waals surface area contributed by atoms with Crippen molar-refractivity contribution in [2.45, 2.75) is 13.5 Å². The monoisotopic (exact) mass is 290 g/mol. The maximum absolute atomic E-state index is 12.9. The molecule has 0 fully saturated rings. The average Bonchev–Trinajstić information content (AvgIpc) is 2.82. The van der Waals surface area contributed by atoms with Crippen LogP contribution >= 0.6 is 11.6 Å². The highest BCUT2D eigenvalue weighted by molar-refractivity contribution is 6.32. The van der Waals surface area contributed by atoms with Crippen LogP contribution in [0.3, 0.4) is 0 Å². The van der Waals surface area contributed by atoms with Crippen molar-refractivity contribution >= 4 is 17.2 Å². The number of rotatable bonds is 3. The highest BCUT2D eigenvalue weighted by Gasteiger charge is 2.07. The second-order valence-corrected chi connectivity index (χ2v) is 4.92. The van der Waals surface area contributed by atoms with Gasteiger partial charge in [-0.1, -0.05) is 17.7 Å². The molecule has 102 valence electrons. The van der Waals surface area contributed by atoms with E-state index in [4.69, 9.17) is 16.3 Å². The number of hydrogen-bond acceptors (Lipinski definition) is 2. The number of fused-ring (bicyclic) bond motifs is 1. The number of aryl methyl sites for hydroxylation is 1. The van der Waals surface area contributed by atoms with Crippen molar-refractivity contribution < 1.29 is 9.13 Å². The van der Waals surface area contributed by atoms with Crippen LogP contribution in [0.1, 0.15) is 11.3 Å². The number of imidazole rings is 1. The lowest BCUT2D eigenvalue weighted by Crippen LogP contribution is -1.96. The average molecular weight is 291 g/mol. The lowest BCUT2D eigenvalue weighted by Gasteiger charge is -2.05. The topological polar surface area (TPSA) is 26.5 Å². The zero-order valence-corrected chi connectivity index (χ0v) is 11.6. The van der Waals surface area contributed by atoms with Gasteiger partial charge in [0.1, 0.15) is 23.8 Å². The van der Waals surface area contributed by atoms with Crippen LogP contribution in [0.15, 0.2) is 42.7 Å². The molecule has 0 unspecified atom stereocenters. The van der Waals surface area contributed by atoms with E-state index in [1.807, 2.05) is 35.9 Å². The van der Waals surface area contributed by atoms with E-state index in [1.165, 1.54) is 18.2 Å². The molecule has 3 rings (SSSR count). The second kappa shape index (κ2) is 5.13. The van der Waals surface area contributed by atoms with Gasteiger partial charge in [0.2, 0.25) is 0 Å². The Hall–Kier alpha value is -2.07. The van der Waals surface area contributed by atoms with E-state index in [9.17, 15) is 4.39 Å². The molecule has 0 saturated heterocycles. The maximum Gasteiger partial charge on any atom is 0.140 e. The highest BCUT2D eigenvalue weighted by Crippen LogP contribution is 2.25. The molecular weight excluding hydrogens is 279 g/mol.